The van der Waals surface area contributed by atoms with Gasteiger partial charge in [0.05, 0.1) is 0 Å². The molecule has 48 valence electrons. The van der Waals surface area contributed by atoms with Gasteiger partial charge in [0.1, 0.15) is 0 Å². The van der Waals surface area contributed by atoms with Crippen LogP contribution < -0.4 is 59.7 Å². The summed E-state index contributed by atoms with van der Waals surface area (Å²) in [6.07, 6.45) is 0. The summed E-state index contributed by atoms with van der Waals surface area (Å²) in [5.74, 6) is 0. The van der Waals surface area contributed by atoms with E-state index in [1.54, 1.807) is 0 Å². The molecule has 0 bridgehead atoms. The Balaban J connectivity index is -0.0000000300. The van der Waals surface area contributed by atoms with Gasteiger partial charge in [-0.2, -0.15) is 0 Å². The quantitative estimate of drug-likeness (QED) is 0.348. The fraction of sp³-hybridized carbons (Fsp3) is 0. The Morgan fingerprint density at radius 3 is 0.600 bits per heavy atom. The van der Waals surface area contributed by atoms with Crippen molar-refractivity contribution in [1.29, 1.82) is 0 Å². The summed E-state index contributed by atoms with van der Waals surface area (Å²) in [4.78, 5) is 0. The molecule has 0 rings (SSSR count). The maximum Gasteiger partial charge on any atom is 5.00 e. The zero-order chi connectivity index (χ0) is 7.15. The van der Waals surface area contributed by atoms with Crippen LogP contribution in [0.4, 0.5) is 0 Å². The molecule has 0 aromatic rings. The molecule has 0 fully saturated rings. The molecule has 0 aliphatic rings. The standard InChI is InChI=1S/2BO3.Na.V/c2*2-1(3)4;;/q2*-3;+1;+5. The van der Waals surface area contributed by atoms with Crippen LogP contribution in [0.2, 0.25) is 0 Å². The van der Waals surface area contributed by atoms with E-state index in [9.17, 15) is 0 Å². The van der Waals surface area contributed by atoms with Crippen molar-refractivity contribution in [3.8, 4) is 0 Å². The average Bonchev–Trinajstić information content (AvgIpc) is 1.25. The molecule has 0 N–H and O–H groups in total. The molecular formula is B2NaO6V. The van der Waals surface area contributed by atoms with Crippen LogP contribution in [0, 0.1) is 0 Å². The van der Waals surface area contributed by atoms with Gasteiger partial charge in [-0.3, -0.25) is 14.6 Å². The van der Waals surface area contributed by atoms with E-state index in [1.807, 2.05) is 0 Å². The van der Waals surface area contributed by atoms with Crippen LogP contribution in [-0.4, -0.2) is 14.6 Å². The molecule has 0 spiro atoms. The van der Waals surface area contributed by atoms with Gasteiger partial charge in [0.2, 0.25) is 0 Å². The summed E-state index contributed by atoms with van der Waals surface area (Å²) in [6.45, 7) is 0. The van der Waals surface area contributed by atoms with Crippen molar-refractivity contribution in [3.63, 3.8) is 0 Å². The van der Waals surface area contributed by atoms with Gasteiger partial charge >= 0.3 is 48.1 Å². The van der Waals surface area contributed by atoms with Crippen LogP contribution in [-0.2, 0) is 18.6 Å². The minimum atomic E-state index is -2.92. The summed E-state index contributed by atoms with van der Waals surface area (Å²) in [5, 5.41) is 50.5. The second-order valence-electron chi connectivity index (χ2n) is 0.577. The second-order valence-corrected chi connectivity index (χ2v) is 0.577. The summed E-state index contributed by atoms with van der Waals surface area (Å²) < 4.78 is 0. The van der Waals surface area contributed by atoms with Crippen molar-refractivity contribution in [2.24, 2.45) is 0 Å². The van der Waals surface area contributed by atoms with E-state index in [-0.39, 0.29) is 48.1 Å². The molecule has 0 saturated carbocycles. The minimum Gasteiger partial charge on any atom is -0.907 e. The van der Waals surface area contributed by atoms with E-state index in [2.05, 4.69) is 0 Å². The molecule has 10 heteroatoms. The number of hydrogen-bond acceptors (Lipinski definition) is 6. The number of hydrogen-bond donors (Lipinski definition) is 0. The van der Waals surface area contributed by atoms with Crippen molar-refractivity contribution in [3.05, 3.63) is 0 Å². The van der Waals surface area contributed by atoms with Gasteiger partial charge in [-0.15, -0.1) is 0 Å². The first kappa shape index (κ1) is 22.5. The Labute approximate surface area is 92.4 Å². The van der Waals surface area contributed by atoms with Crippen LogP contribution in [0.25, 0.3) is 0 Å². The molecule has 0 unspecified atom stereocenters. The van der Waals surface area contributed by atoms with E-state index < -0.39 is 14.6 Å². The number of rotatable bonds is 0. The maximum absolute atomic E-state index is 8.42. The third kappa shape index (κ3) is 313. The molecule has 0 aliphatic carbocycles. The van der Waals surface area contributed by atoms with Crippen LogP contribution in [0.5, 0.6) is 0 Å². The third-order valence-electron chi connectivity index (χ3n) is 0. The van der Waals surface area contributed by atoms with Crippen molar-refractivity contribution >= 4 is 14.6 Å². The molecule has 0 amide bonds. The molecule has 0 radical (unpaired) electrons. The Hall–Kier alpha value is 1.47. The predicted octanol–water partition coefficient (Wildman–Crippen LogP) is -10.9. The van der Waals surface area contributed by atoms with E-state index in [0.717, 1.165) is 0 Å². The molecule has 0 aliphatic heterocycles. The van der Waals surface area contributed by atoms with Gasteiger partial charge in [0.25, 0.3) is 0 Å². The van der Waals surface area contributed by atoms with Gasteiger partial charge in [0, 0.05) is 0 Å². The zero-order valence-corrected chi connectivity index (χ0v) is 8.45. The first-order valence-electron chi connectivity index (χ1n) is 1.41. The van der Waals surface area contributed by atoms with E-state index in [0.29, 0.717) is 0 Å². The van der Waals surface area contributed by atoms with Crippen molar-refractivity contribution in [1.82, 2.24) is 0 Å². The average molecular weight is 192 g/mol. The smallest absolute Gasteiger partial charge is 0.907 e. The van der Waals surface area contributed by atoms with Crippen molar-refractivity contribution < 1.29 is 78.3 Å². The van der Waals surface area contributed by atoms with E-state index >= 15 is 0 Å². The largest absolute Gasteiger partial charge is 5.00 e. The molecule has 0 atom stereocenters. The summed E-state index contributed by atoms with van der Waals surface area (Å²) in [7, 11) is -5.83. The fourth-order valence-corrected chi connectivity index (χ4v) is 0. The van der Waals surface area contributed by atoms with Crippen molar-refractivity contribution in [2.75, 3.05) is 0 Å². The predicted molar refractivity (Wildman–Crippen MR) is 11.5 cm³/mol. The molecule has 0 aromatic heterocycles. The zero-order valence-electron chi connectivity index (χ0n) is 5.05. The summed E-state index contributed by atoms with van der Waals surface area (Å²) in [6, 6.07) is 0. The van der Waals surface area contributed by atoms with Crippen molar-refractivity contribution in [2.45, 2.75) is 0 Å². The first-order chi connectivity index (χ1) is 3.46. The van der Waals surface area contributed by atoms with E-state index in [4.69, 9.17) is 30.1 Å². The second kappa shape index (κ2) is 16.8. The monoisotopic (exact) mass is 192 g/mol. The van der Waals surface area contributed by atoms with Crippen LogP contribution in [0.15, 0.2) is 0 Å². The Morgan fingerprint density at radius 2 is 0.600 bits per heavy atom. The Kier molecular flexibility index (Phi) is 37.9. The van der Waals surface area contributed by atoms with Gasteiger partial charge in [-0.1, -0.05) is 0 Å². The van der Waals surface area contributed by atoms with Crippen LogP contribution in [0.1, 0.15) is 0 Å². The van der Waals surface area contributed by atoms with Crippen LogP contribution in [0.3, 0.4) is 0 Å². The minimum absolute atomic E-state index is 0. The molecule has 0 saturated heterocycles. The summed E-state index contributed by atoms with van der Waals surface area (Å²) >= 11 is 0. The SMILES string of the molecule is [Na+].[O-]B([O-])[O-].[O-]B([O-])[O-].[V+5]. The Morgan fingerprint density at radius 1 is 0.600 bits per heavy atom. The third-order valence-corrected chi connectivity index (χ3v) is 0. The van der Waals surface area contributed by atoms with Gasteiger partial charge in [-0.25, -0.2) is 0 Å². The van der Waals surface area contributed by atoms with Gasteiger partial charge in [0.15, 0.2) is 0 Å². The molecule has 6 nitrogen and oxygen atoms in total. The maximum atomic E-state index is 8.42. The molecule has 10 heavy (non-hydrogen) atoms. The van der Waals surface area contributed by atoms with Gasteiger partial charge in [-0.05, 0) is 0 Å². The fourth-order valence-electron chi connectivity index (χ4n) is 0. The molecule has 0 heterocycles. The molecule has 0 aromatic carbocycles. The normalized spacial score (nSPS) is 5.40. The summed E-state index contributed by atoms with van der Waals surface area (Å²) in [5.41, 5.74) is 0. The topological polar surface area (TPSA) is 138 Å². The van der Waals surface area contributed by atoms with Gasteiger partial charge < -0.3 is 30.1 Å². The first-order valence-corrected chi connectivity index (χ1v) is 1.41. The van der Waals surface area contributed by atoms with E-state index in [1.165, 1.54) is 0 Å². The molecular weight excluding hydrogens is 192 g/mol. The Bertz CT molecular complexity index is 31.2. The van der Waals surface area contributed by atoms with Crippen LogP contribution >= 0.6 is 0 Å².